The van der Waals surface area contributed by atoms with Crippen LogP contribution in [0.5, 0.6) is 0 Å². The number of hydrogen-bond donors (Lipinski definition) is 2. The first-order chi connectivity index (χ1) is 4.09. The Kier molecular flexibility index (Phi) is 3.14. The molecule has 0 radical (unpaired) electrons. The van der Waals surface area contributed by atoms with Crippen molar-refractivity contribution in [2.24, 2.45) is 17.1 Å². The summed E-state index contributed by atoms with van der Waals surface area (Å²) >= 11 is 0. The summed E-state index contributed by atoms with van der Waals surface area (Å²) in [6.45, 7) is 4.85. The van der Waals surface area contributed by atoms with Crippen molar-refractivity contribution in [3.63, 3.8) is 0 Å². The Bertz CT molecular complexity index is 116. The molecule has 1 saturated carbocycles. The van der Waals surface area contributed by atoms with Crippen molar-refractivity contribution in [3.05, 3.63) is 0 Å². The molecule has 0 amide bonds. The van der Waals surface area contributed by atoms with E-state index in [0.717, 1.165) is 6.42 Å². The molecule has 1 rings (SSSR count). The van der Waals surface area contributed by atoms with Crippen LogP contribution in [0.4, 0.5) is 0 Å². The highest BCUT2D eigenvalue weighted by Gasteiger charge is 2.45. The number of aliphatic hydroxyl groups is 1. The van der Waals surface area contributed by atoms with Crippen molar-refractivity contribution in [3.8, 4) is 0 Å². The smallest absolute Gasteiger partial charge is 0.0597 e. The van der Waals surface area contributed by atoms with Gasteiger partial charge in [0.1, 0.15) is 0 Å². The Balaban J connectivity index is 0.000000810. The van der Waals surface area contributed by atoms with Crippen molar-refractivity contribution in [1.29, 1.82) is 0 Å². The Morgan fingerprint density at radius 3 is 2.20 bits per heavy atom. The third-order valence-corrected chi connectivity index (χ3v) is 2.70. The van der Waals surface area contributed by atoms with Gasteiger partial charge in [0.25, 0.3) is 0 Å². The van der Waals surface area contributed by atoms with Gasteiger partial charge in [0.2, 0.25) is 0 Å². The predicted molar refractivity (Wildman–Crippen MR) is 44.2 cm³/mol. The lowest BCUT2D eigenvalue weighted by atomic mass is 9.60. The number of halogens is 1. The van der Waals surface area contributed by atoms with Crippen LogP contribution in [0.1, 0.15) is 20.3 Å². The first kappa shape index (κ1) is 10.2. The van der Waals surface area contributed by atoms with Gasteiger partial charge < -0.3 is 10.8 Å². The van der Waals surface area contributed by atoms with E-state index in [1.807, 2.05) is 0 Å². The van der Waals surface area contributed by atoms with Crippen LogP contribution in [0.15, 0.2) is 0 Å². The molecule has 0 bridgehead atoms. The Labute approximate surface area is 68.2 Å². The summed E-state index contributed by atoms with van der Waals surface area (Å²) in [5, 5.41) is 9.22. The molecule has 0 heterocycles. The average molecular weight is 166 g/mol. The first-order valence-electron chi connectivity index (χ1n) is 3.47. The first-order valence-corrected chi connectivity index (χ1v) is 3.47. The molecule has 10 heavy (non-hydrogen) atoms. The molecule has 0 aromatic rings. The lowest BCUT2D eigenvalue weighted by molar-refractivity contribution is -0.0935. The van der Waals surface area contributed by atoms with E-state index in [4.69, 9.17) is 5.73 Å². The molecule has 2 nitrogen and oxygen atoms in total. The van der Waals surface area contributed by atoms with Crippen LogP contribution in [-0.2, 0) is 0 Å². The van der Waals surface area contributed by atoms with Crippen molar-refractivity contribution in [2.75, 3.05) is 6.54 Å². The van der Waals surface area contributed by atoms with Crippen LogP contribution in [-0.4, -0.2) is 17.8 Å². The van der Waals surface area contributed by atoms with Crippen LogP contribution < -0.4 is 5.73 Å². The lowest BCUT2D eigenvalue weighted by Gasteiger charge is -2.48. The maximum atomic E-state index is 9.22. The van der Waals surface area contributed by atoms with Crippen molar-refractivity contribution < 1.29 is 5.11 Å². The van der Waals surface area contributed by atoms with Crippen LogP contribution in [0, 0.1) is 11.3 Å². The molecular formula is C7H16ClNO. The van der Waals surface area contributed by atoms with Gasteiger partial charge >= 0.3 is 0 Å². The van der Waals surface area contributed by atoms with Crippen LogP contribution in [0.3, 0.4) is 0 Å². The molecule has 0 aromatic heterocycles. The summed E-state index contributed by atoms with van der Waals surface area (Å²) < 4.78 is 0. The summed E-state index contributed by atoms with van der Waals surface area (Å²) in [7, 11) is 0. The Morgan fingerprint density at radius 1 is 1.60 bits per heavy atom. The Hall–Kier alpha value is 0.210. The average Bonchev–Trinajstić information content (AvgIpc) is 1.82. The third kappa shape index (κ3) is 1.29. The summed E-state index contributed by atoms with van der Waals surface area (Å²) in [5.41, 5.74) is 5.54. The largest absolute Gasteiger partial charge is 0.393 e. The van der Waals surface area contributed by atoms with Crippen LogP contribution in [0.2, 0.25) is 0 Å². The molecular weight excluding hydrogens is 150 g/mol. The lowest BCUT2D eigenvalue weighted by Crippen LogP contribution is -2.51. The van der Waals surface area contributed by atoms with E-state index in [9.17, 15) is 5.11 Å². The van der Waals surface area contributed by atoms with Crippen molar-refractivity contribution in [2.45, 2.75) is 26.4 Å². The zero-order chi connectivity index (χ0) is 7.07. The van der Waals surface area contributed by atoms with E-state index in [2.05, 4.69) is 13.8 Å². The van der Waals surface area contributed by atoms with E-state index in [0.29, 0.717) is 12.5 Å². The fourth-order valence-electron chi connectivity index (χ4n) is 1.39. The van der Waals surface area contributed by atoms with E-state index in [1.165, 1.54) is 0 Å². The second kappa shape index (κ2) is 3.07. The van der Waals surface area contributed by atoms with Crippen molar-refractivity contribution >= 4 is 12.4 Å². The summed E-state index contributed by atoms with van der Waals surface area (Å²) in [5.74, 6) is 0.535. The molecule has 0 unspecified atom stereocenters. The summed E-state index contributed by atoms with van der Waals surface area (Å²) in [6, 6.07) is 0. The summed E-state index contributed by atoms with van der Waals surface area (Å²) in [4.78, 5) is 0. The minimum atomic E-state index is -0.119. The van der Waals surface area contributed by atoms with Crippen molar-refractivity contribution in [1.82, 2.24) is 0 Å². The fourth-order valence-corrected chi connectivity index (χ4v) is 1.39. The van der Waals surface area contributed by atoms with Gasteiger partial charge in [0, 0.05) is 0 Å². The molecule has 0 spiro atoms. The zero-order valence-electron chi connectivity index (χ0n) is 6.50. The molecule has 1 aliphatic rings. The maximum Gasteiger partial charge on any atom is 0.0597 e. The van der Waals surface area contributed by atoms with Gasteiger partial charge in [0.05, 0.1) is 6.10 Å². The minimum absolute atomic E-state index is 0. The highest BCUT2D eigenvalue weighted by molar-refractivity contribution is 5.85. The number of rotatable bonds is 1. The zero-order valence-corrected chi connectivity index (χ0v) is 7.32. The number of hydrogen-bond acceptors (Lipinski definition) is 2. The van der Waals surface area contributed by atoms with Crippen LogP contribution in [0.25, 0.3) is 0 Å². The predicted octanol–water partition coefficient (Wildman–Crippen LogP) is 0.774. The molecule has 1 aliphatic carbocycles. The quantitative estimate of drug-likeness (QED) is 0.603. The van der Waals surface area contributed by atoms with Gasteiger partial charge in [-0.2, -0.15) is 0 Å². The number of nitrogens with two attached hydrogens (primary N) is 1. The molecule has 1 fully saturated rings. The molecule has 3 N–H and O–H groups in total. The standard InChI is InChI=1S/C7H15NO.ClH/c1-7(2)5(4-8)3-6(7)9;/h5-6,9H,3-4,8H2,1-2H3;1H/t5-,6-;/m0./s1. The van der Waals surface area contributed by atoms with Crippen LogP contribution >= 0.6 is 12.4 Å². The molecule has 0 aromatic carbocycles. The fraction of sp³-hybridized carbons (Fsp3) is 1.00. The van der Waals surface area contributed by atoms with E-state index in [1.54, 1.807) is 0 Å². The second-order valence-corrected chi connectivity index (χ2v) is 3.51. The summed E-state index contributed by atoms with van der Waals surface area (Å²) in [6.07, 6.45) is 0.773. The van der Waals surface area contributed by atoms with Gasteiger partial charge in [-0.05, 0) is 24.3 Å². The van der Waals surface area contributed by atoms with Gasteiger partial charge in [-0.25, -0.2) is 0 Å². The molecule has 2 atom stereocenters. The van der Waals surface area contributed by atoms with Gasteiger partial charge in [0.15, 0.2) is 0 Å². The van der Waals surface area contributed by atoms with E-state index < -0.39 is 0 Å². The molecule has 3 heteroatoms. The second-order valence-electron chi connectivity index (χ2n) is 3.51. The maximum absolute atomic E-state index is 9.22. The highest BCUT2D eigenvalue weighted by Crippen LogP contribution is 2.45. The van der Waals surface area contributed by atoms with E-state index in [-0.39, 0.29) is 23.9 Å². The third-order valence-electron chi connectivity index (χ3n) is 2.70. The normalized spacial score (nSPS) is 36.0. The SMILES string of the molecule is CC1(C)[C@H](CN)C[C@@H]1O.Cl. The number of aliphatic hydroxyl groups excluding tert-OH is 1. The van der Waals surface area contributed by atoms with Gasteiger partial charge in [-0.3, -0.25) is 0 Å². The Morgan fingerprint density at radius 2 is 2.10 bits per heavy atom. The molecule has 0 saturated heterocycles. The molecule has 0 aliphatic heterocycles. The highest BCUT2D eigenvalue weighted by atomic mass is 35.5. The van der Waals surface area contributed by atoms with Gasteiger partial charge in [-0.1, -0.05) is 13.8 Å². The minimum Gasteiger partial charge on any atom is -0.393 e. The van der Waals surface area contributed by atoms with Gasteiger partial charge in [-0.15, -0.1) is 12.4 Å². The van der Waals surface area contributed by atoms with E-state index >= 15 is 0 Å². The topological polar surface area (TPSA) is 46.2 Å². The monoisotopic (exact) mass is 165 g/mol. The molecule has 62 valence electrons.